The Morgan fingerprint density at radius 2 is 2.08 bits per heavy atom. The molecule has 1 aliphatic heterocycles. The van der Waals surface area contributed by atoms with Crippen molar-refractivity contribution in [2.45, 2.75) is 46.7 Å². The minimum atomic E-state index is -0.268. The second-order valence-electron chi connectivity index (χ2n) is 7.36. The fourth-order valence-electron chi connectivity index (χ4n) is 3.51. The molecule has 0 radical (unpaired) electrons. The van der Waals surface area contributed by atoms with Crippen LogP contribution in [0.4, 0.5) is 5.82 Å². The first kappa shape index (κ1) is 19.0. The molecular formula is C19H28N4O2S. The molecule has 0 aromatic carbocycles. The lowest BCUT2D eigenvalue weighted by Gasteiger charge is -2.26. The minimum absolute atomic E-state index is 0.268. The van der Waals surface area contributed by atoms with Gasteiger partial charge in [-0.15, -0.1) is 11.3 Å². The zero-order valence-electron chi connectivity index (χ0n) is 16.5. The second-order valence-corrected chi connectivity index (χ2v) is 8.36. The number of carbonyl (C=O) groups is 1. The number of hydrogen-bond acceptors (Lipinski definition) is 7. The van der Waals surface area contributed by atoms with Crippen molar-refractivity contribution in [1.82, 2.24) is 14.9 Å². The summed E-state index contributed by atoms with van der Waals surface area (Å²) in [6, 6.07) is 0.422. The molecule has 142 valence electrons. The van der Waals surface area contributed by atoms with Crippen LogP contribution in [0.15, 0.2) is 0 Å². The van der Waals surface area contributed by atoms with Gasteiger partial charge in [-0.05, 0) is 52.8 Å². The van der Waals surface area contributed by atoms with Crippen molar-refractivity contribution in [3.05, 3.63) is 16.3 Å². The average molecular weight is 377 g/mol. The maximum atomic E-state index is 12.4. The first-order valence-corrected chi connectivity index (χ1v) is 10.0. The van der Waals surface area contributed by atoms with Gasteiger partial charge in [0.1, 0.15) is 21.3 Å². The number of hydrogen-bond donors (Lipinski definition) is 0. The van der Waals surface area contributed by atoms with Crippen molar-refractivity contribution >= 4 is 33.3 Å². The standard InChI is InChI=1S/C19H28N4O2S/c1-7-25-19(24)16-12(3)15-17(23-9-8-11(2)13(23)4)20-14(10-22(5)6)21-18(15)26-16/h11,13H,7-10H2,1-6H3. The monoisotopic (exact) mass is 376 g/mol. The Morgan fingerprint density at radius 3 is 2.65 bits per heavy atom. The van der Waals surface area contributed by atoms with E-state index in [9.17, 15) is 4.79 Å². The first-order valence-electron chi connectivity index (χ1n) is 9.22. The Bertz CT molecular complexity index is 817. The lowest BCUT2D eigenvalue weighted by molar-refractivity contribution is 0.0531. The Kier molecular flexibility index (Phi) is 5.48. The van der Waals surface area contributed by atoms with E-state index in [-0.39, 0.29) is 5.97 Å². The third-order valence-electron chi connectivity index (χ3n) is 5.15. The van der Waals surface area contributed by atoms with Gasteiger partial charge in [-0.3, -0.25) is 0 Å². The topological polar surface area (TPSA) is 58.6 Å². The van der Waals surface area contributed by atoms with Gasteiger partial charge >= 0.3 is 5.97 Å². The van der Waals surface area contributed by atoms with Crippen molar-refractivity contribution in [1.29, 1.82) is 0 Å². The van der Waals surface area contributed by atoms with Crippen molar-refractivity contribution in [3.63, 3.8) is 0 Å². The molecular weight excluding hydrogens is 348 g/mol. The lowest BCUT2D eigenvalue weighted by Crippen LogP contribution is -2.30. The summed E-state index contributed by atoms with van der Waals surface area (Å²) in [7, 11) is 4.02. The SMILES string of the molecule is CCOC(=O)c1sc2nc(CN(C)C)nc(N3CCC(C)C3C)c2c1C. The van der Waals surface area contributed by atoms with Gasteiger partial charge in [0.25, 0.3) is 0 Å². The number of rotatable bonds is 5. The highest BCUT2D eigenvalue weighted by Crippen LogP contribution is 2.39. The molecule has 3 rings (SSSR count). The van der Waals surface area contributed by atoms with E-state index >= 15 is 0 Å². The van der Waals surface area contributed by atoms with Crippen molar-refractivity contribution in [2.24, 2.45) is 5.92 Å². The number of aryl methyl sites for hydroxylation is 1. The largest absolute Gasteiger partial charge is 0.462 e. The number of fused-ring (bicyclic) bond motifs is 1. The summed E-state index contributed by atoms with van der Waals surface area (Å²) in [5, 5.41) is 1.00. The molecule has 6 nitrogen and oxygen atoms in total. The molecule has 0 saturated carbocycles. The fraction of sp³-hybridized carbons (Fsp3) is 0.632. The van der Waals surface area contributed by atoms with Gasteiger partial charge in [0.2, 0.25) is 0 Å². The van der Waals surface area contributed by atoms with Crippen LogP contribution < -0.4 is 4.90 Å². The van der Waals surface area contributed by atoms with Crippen LogP contribution in [0.25, 0.3) is 10.2 Å². The summed E-state index contributed by atoms with van der Waals surface area (Å²) in [5.74, 6) is 2.12. The molecule has 0 bridgehead atoms. The van der Waals surface area contributed by atoms with Crippen LogP contribution in [0.5, 0.6) is 0 Å². The lowest BCUT2D eigenvalue weighted by atomic mass is 10.1. The maximum Gasteiger partial charge on any atom is 0.348 e. The molecule has 2 unspecified atom stereocenters. The highest BCUT2D eigenvalue weighted by molar-refractivity contribution is 7.20. The number of aromatic nitrogens is 2. The Morgan fingerprint density at radius 1 is 1.35 bits per heavy atom. The third-order valence-corrected chi connectivity index (χ3v) is 6.31. The number of carbonyl (C=O) groups excluding carboxylic acids is 1. The molecule has 3 heterocycles. The van der Waals surface area contributed by atoms with E-state index in [1.165, 1.54) is 11.3 Å². The predicted molar refractivity (Wildman–Crippen MR) is 106 cm³/mol. The van der Waals surface area contributed by atoms with Crippen LogP contribution in [0.2, 0.25) is 0 Å². The molecule has 2 aromatic heterocycles. The van der Waals surface area contributed by atoms with E-state index in [0.717, 1.165) is 40.4 Å². The Balaban J connectivity index is 2.17. The number of nitrogens with zero attached hydrogens (tertiary/aromatic N) is 4. The quantitative estimate of drug-likeness (QED) is 0.745. The van der Waals surface area contributed by atoms with Gasteiger partial charge in [0.05, 0.1) is 18.5 Å². The molecule has 26 heavy (non-hydrogen) atoms. The van der Waals surface area contributed by atoms with Crippen LogP contribution in [0.1, 0.15) is 48.3 Å². The summed E-state index contributed by atoms with van der Waals surface area (Å²) < 4.78 is 5.24. The van der Waals surface area contributed by atoms with Gasteiger partial charge < -0.3 is 14.5 Å². The van der Waals surface area contributed by atoms with Crippen molar-refractivity contribution in [3.8, 4) is 0 Å². The van der Waals surface area contributed by atoms with Gasteiger partial charge in [-0.1, -0.05) is 6.92 Å². The zero-order chi connectivity index (χ0) is 19.0. The molecule has 1 fully saturated rings. The zero-order valence-corrected chi connectivity index (χ0v) is 17.3. The third kappa shape index (κ3) is 3.42. The second kappa shape index (κ2) is 7.48. The molecule has 0 amide bonds. The number of anilines is 1. The predicted octanol–water partition coefficient (Wildman–Crippen LogP) is 3.47. The summed E-state index contributed by atoms with van der Waals surface area (Å²) in [6.45, 7) is 10.4. The van der Waals surface area contributed by atoms with E-state index in [1.54, 1.807) is 0 Å². The molecule has 0 spiro atoms. The maximum absolute atomic E-state index is 12.4. The van der Waals surface area contributed by atoms with Crippen LogP contribution in [0, 0.1) is 12.8 Å². The van der Waals surface area contributed by atoms with Crippen LogP contribution >= 0.6 is 11.3 Å². The molecule has 7 heteroatoms. The molecule has 1 aliphatic rings. The van der Waals surface area contributed by atoms with Crippen molar-refractivity contribution in [2.75, 3.05) is 32.1 Å². The smallest absolute Gasteiger partial charge is 0.348 e. The van der Waals surface area contributed by atoms with Gasteiger partial charge in [-0.2, -0.15) is 0 Å². The molecule has 0 aliphatic carbocycles. The summed E-state index contributed by atoms with van der Waals surface area (Å²) in [5.41, 5.74) is 0.932. The summed E-state index contributed by atoms with van der Waals surface area (Å²) in [6.07, 6.45) is 1.16. The molecule has 2 atom stereocenters. The fourth-order valence-corrected chi connectivity index (χ4v) is 4.60. The van der Waals surface area contributed by atoms with E-state index in [4.69, 9.17) is 14.7 Å². The average Bonchev–Trinajstić information content (AvgIpc) is 3.07. The summed E-state index contributed by atoms with van der Waals surface area (Å²) in [4.78, 5) is 28.0. The number of thiophene rings is 1. The van der Waals surface area contributed by atoms with Crippen LogP contribution in [-0.2, 0) is 11.3 Å². The Hall–Kier alpha value is -1.73. The van der Waals surface area contributed by atoms with Gasteiger partial charge in [0.15, 0.2) is 0 Å². The highest BCUT2D eigenvalue weighted by atomic mass is 32.1. The van der Waals surface area contributed by atoms with Crippen LogP contribution in [-0.4, -0.2) is 54.1 Å². The molecule has 0 N–H and O–H groups in total. The van der Waals surface area contributed by atoms with Gasteiger partial charge in [0, 0.05) is 12.6 Å². The number of ether oxygens (including phenoxy) is 1. The Labute approximate surface area is 159 Å². The minimum Gasteiger partial charge on any atom is -0.462 e. The van der Waals surface area contributed by atoms with E-state index in [2.05, 4.69) is 23.6 Å². The normalized spacial score (nSPS) is 20.3. The summed E-state index contributed by atoms with van der Waals surface area (Å²) >= 11 is 1.42. The van der Waals surface area contributed by atoms with Gasteiger partial charge in [-0.25, -0.2) is 14.8 Å². The van der Waals surface area contributed by atoms with E-state index < -0.39 is 0 Å². The molecule has 1 saturated heterocycles. The highest BCUT2D eigenvalue weighted by Gasteiger charge is 2.32. The first-order chi connectivity index (χ1) is 12.3. The van der Waals surface area contributed by atoms with E-state index in [1.807, 2.05) is 27.9 Å². The molecule has 2 aromatic rings. The van der Waals surface area contributed by atoms with Crippen molar-refractivity contribution < 1.29 is 9.53 Å². The van der Waals surface area contributed by atoms with E-state index in [0.29, 0.717) is 30.0 Å². The van der Waals surface area contributed by atoms with Crippen LogP contribution in [0.3, 0.4) is 0 Å². The number of esters is 1.